The third kappa shape index (κ3) is 4.36. The molecule has 1 aromatic rings. The average Bonchev–Trinajstić information content (AvgIpc) is 2.34. The van der Waals surface area contributed by atoms with Crippen LogP contribution in [0.4, 0.5) is 10.6 Å². The summed E-state index contributed by atoms with van der Waals surface area (Å²) in [5.41, 5.74) is 0.297. The SMILES string of the molecule is O=C(O)NC(=S)Nc1ncc(Br)cc1C(=O)NC1CCC1. The monoisotopic (exact) mass is 372 g/mol. The van der Waals surface area contributed by atoms with E-state index < -0.39 is 6.09 Å². The maximum atomic E-state index is 12.2. The van der Waals surface area contributed by atoms with E-state index >= 15 is 0 Å². The van der Waals surface area contributed by atoms with Gasteiger partial charge in [-0.3, -0.25) is 10.1 Å². The number of nitrogens with one attached hydrogen (secondary N) is 3. The van der Waals surface area contributed by atoms with E-state index in [9.17, 15) is 9.59 Å². The fourth-order valence-electron chi connectivity index (χ4n) is 1.76. The molecule has 0 unspecified atom stereocenters. The Kier molecular flexibility index (Phi) is 5.07. The minimum atomic E-state index is -1.29. The highest BCUT2D eigenvalue weighted by molar-refractivity contribution is 9.10. The fraction of sp³-hybridized carbons (Fsp3) is 0.333. The van der Waals surface area contributed by atoms with Crippen LogP contribution < -0.4 is 16.0 Å². The van der Waals surface area contributed by atoms with Gasteiger partial charge in [0.2, 0.25) is 0 Å². The van der Waals surface area contributed by atoms with Gasteiger partial charge in [-0.2, -0.15) is 0 Å². The first-order valence-electron chi connectivity index (χ1n) is 6.23. The van der Waals surface area contributed by atoms with Gasteiger partial charge in [-0.05, 0) is 53.5 Å². The van der Waals surface area contributed by atoms with Crippen LogP contribution in [0.3, 0.4) is 0 Å². The molecular formula is C12H13BrN4O3S. The normalized spacial score (nSPS) is 14.0. The van der Waals surface area contributed by atoms with E-state index in [2.05, 4.69) is 31.5 Å². The first-order valence-corrected chi connectivity index (χ1v) is 7.43. The number of carboxylic acid groups (broad SMARTS) is 1. The molecule has 2 rings (SSSR count). The molecule has 0 spiro atoms. The summed E-state index contributed by atoms with van der Waals surface area (Å²) in [7, 11) is 0. The molecule has 4 N–H and O–H groups in total. The first-order chi connectivity index (χ1) is 9.95. The molecule has 1 aliphatic rings. The number of thiocarbonyl (C=S) groups is 1. The zero-order valence-electron chi connectivity index (χ0n) is 10.9. The molecule has 9 heteroatoms. The van der Waals surface area contributed by atoms with Crippen molar-refractivity contribution in [3.8, 4) is 0 Å². The standard InChI is InChI=1S/C12H13BrN4O3S/c13-6-4-8(10(18)15-7-2-1-3-7)9(14-5-6)16-11(21)17-12(19)20/h4-5,7H,1-3H2,(H,15,18)(H,19,20)(H2,14,16,17,21). The molecule has 112 valence electrons. The van der Waals surface area contributed by atoms with Crippen LogP contribution in [0.15, 0.2) is 16.7 Å². The molecule has 7 nitrogen and oxygen atoms in total. The van der Waals surface area contributed by atoms with E-state index in [1.807, 2.05) is 5.32 Å². The van der Waals surface area contributed by atoms with Crippen LogP contribution in [-0.4, -0.2) is 33.2 Å². The largest absolute Gasteiger partial charge is 0.465 e. The third-order valence-corrected chi connectivity index (χ3v) is 3.63. The molecule has 1 aliphatic carbocycles. The van der Waals surface area contributed by atoms with Gasteiger partial charge in [0.25, 0.3) is 5.91 Å². The number of carbonyl (C=O) groups excluding carboxylic acids is 1. The highest BCUT2D eigenvalue weighted by Gasteiger charge is 2.22. The lowest BCUT2D eigenvalue weighted by Crippen LogP contribution is -2.40. The maximum Gasteiger partial charge on any atom is 0.410 e. The zero-order chi connectivity index (χ0) is 15.4. The van der Waals surface area contributed by atoms with Gasteiger partial charge in [-0.25, -0.2) is 9.78 Å². The molecule has 2 amide bonds. The predicted octanol–water partition coefficient (Wildman–Crippen LogP) is 2.09. The molecule has 0 radical (unpaired) electrons. The van der Waals surface area contributed by atoms with Crippen LogP contribution in [0, 0.1) is 0 Å². The number of rotatable bonds is 3. The lowest BCUT2D eigenvalue weighted by molar-refractivity contribution is 0.0917. The number of amides is 2. The van der Waals surface area contributed by atoms with Crippen molar-refractivity contribution in [3.63, 3.8) is 0 Å². The van der Waals surface area contributed by atoms with Crippen LogP contribution in [0.25, 0.3) is 0 Å². The summed E-state index contributed by atoms with van der Waals surface area (Å²) >= 11 is 8.08. The van der Waals surface area contributed by atoms with Gasteiger partial charge in [-0.15, -0.1) is 0 Å². The van der Waals surface area contributed by atoms with E-state index in [-0.39, 0.29) is 22.9 Å². The van der Waals surface area contributed by atoms with Gasteiger partial charge in [0, 0.05) is 16.7 Å². The average molecular weight is 373 g/mol. The van der Waals surface area contributed by atoms with Crippen LogP contribution in [0.5, 0.6) is 0 Å². The van der Waals surface area contributed by atoms with Crippen LogP contribution in [0.1, 0.15) is 29.6 Å². The second kappa shape index (κ2) is 6.81. The Morgan fingerprint density at radius 3 is 2.71 bits per heavy atom. The first kappa shape index (κ1) is 15.6. The molecule has 0 atom stereocenters. The summed E-state index contributed by atoms with van der Waals surface area (Å²) < 4.78 is 0.643. The Labute approximate surface area is 134 Å². The van der Waals surface area contributed by atoms with E-state index in [0.717, 1.165) is 19.3 Å². The maximum absolute atomic E-state index is 12.2. The van der Waals surface area contributed by atoms with Crippen molar-refractivity contribution in [1.29, 1.82) is 0 Å². The van der Waals surface area contributed by atoms with Crippen molar-refractivity contribution < 1.29 is 14.7 Å². The fourth-order valence-corrected chi connectivity index (χ4v) is 2.28. The summed E-state index contributed by atoms with van der Waals surface area (Å²) in [5.74, 6) is -0.0668. The van der Waals surface area contributed by atoms with Crippen LogP contribution in [-0.2, 0) is 0 Å². The van der Waals surface area contributed by atoms with Gasteiger partial charge in [-0.1, -0.05) is 0 Å². The predicted molar refractivity (Wildman–Crippen MR) is 84.4 cm³/mol. The topological polar surface area (TPSA) is 103 Å². The van der Waals surface area contributed by atoms with Crippen molar-refractivity contribution in [1.82, 2.24) is 15.6 Å². The summed E-state index contributed by atoms with van der Waals surface area (Å²) in [4.78, 5) is 26.8. The number of hydrogen-bond acceptors (Lipinski definition) is 4. The molecule has 0 bridgehead atoms. The minimum absolute atomic E-state index is 0.144. The third-order valence-electron chi connectivity index (χ3n) is 2.99. The molecular weight excluding hydrogens is 360 g/mol. The molecule has 0 aliphatic heterocycles. The van der Waals surface area contributed by atoms with Gasteiger partial charge in [0.15, 0.2) is 5.11 Å². The zero-order valence-corrected chi connectivity index (χ0v) is 13.3. The molecule has 0 saturated heterocycles. The molecule has 21 heavy (non-hydrogen) atoms. The van der Waals surface area contributed by atoms with Gasteiger partial charge >= 0.3 is 6.09 Å². The van der Waals surface area contributed by atoms with Gasteiger partial charge in [0.1, 0.15) is 5.82 Å². The van der Waals surface area contributed by atoms with Gasteiger partial charge < -0.3 is 15.7 Å². The lowest BCUT2D eigenvalue weighted by Gasteiger charge is -2.26. The van der Waals surface area contributed by atoms with Crippen molar-refractivity contribution in [2.24, 2.45) is 0 Å². The highest BCUT2D eigenvalue weighted by Crippen LogP contribution is 2.21. The molecule has 1 heterocycles. The summed E-state index contributed by atoms with van der Waals surface area (Å²) in [6.45, 7) is 0. The van der Waals surface area contributed by atoms with E-state index in [0.29, 0.717) is 10.0 Å². The number of pyridine rings is 1. The van der Waals surface area contributed by atoms with Crippen molar-refractivity contribution >= 4 is 51.1 Å². The smallest absolute Gasteiger partial charge is 0.410 e. The Morgan fingerprint density at radius 2 is 2.14 bits per heavy atom. The van der Waals surface area contributed by atoms with Crippen molar-refractivity contribution in [3.05, 3.63) is 22.3 Å². The quantitative estimate of drug-likeness (QED) is 0.605. The molecule has 1 fully saturated rings. The van der Waals surface area contributed by atoms with E-state index in [4.69, 9.17) is 17.3 Å². The number of aromatic nitrogens is 1. The Balaban J connectivity index is 2.14. The number of hydrogen-bond donors (Lipinski definition) is 4. The van der Waals surface area contributed by atoms with E-state index in [1.54, 1.807) is 6.07 Å². The summed E-state index contributed by atoms with van der Waals surface area (Å²) in [6, 6.07) is 1.79. The van der Waals surface area contributed by atoms with Crippen LogP contribution >= 0.6 is 28.1 Å². The Hall–Kier alpha value is -1.74. The minimum Gasteiger partial charge on any atom is -0.465 e. The lowest BCUT2D eigenvalue weighted by atomic mass is 9.93. The second-order valence-corrected chi connectivity index (χ2v) is 5.86. The summed E-state index contributed by atoms with van der Waals surface area (Å²) in [6.07, 6.45) is 3.25. The second-order valence-electron chi connectivity index (χ2n) is 4.54. The Bertz CT molecular complexity index is 592. The van der Waals surface area contributed by atoms with E-state index in [1.165, 1.54) is 6.20 Å². The summed E-state index contributed by atoms with van der Waals surface area (Å²) in [5, 5.41) is 15.9. The number of anilines is 1. The molecule has 1 saturated carbocycles. The number of carbonyl (C=O) groups is 2. The highest BCUT2D eigenvalue weighted by atomic mass is 79.9. The Morgan fingerprint density at radius 1 is 1.43 bits per heavy atom. The van der Waals surface area contributed by atoms with Gasteiger partial charge in [0.05, 0.1) is 5.56 Å². The number of nitrogens with zero attached hydrogens (tertiary/aromatic N) is 1. The molecule has 0 aromatic carbocycles. The number of halogens is 1. The van der Waals surface area contributed by atoms with Crippen molar-refractivity contribution in [2.45, 2.75) is 25.3 Å². The van der Waals surface area contributed by atoms with Crippen molar-refractivity contribution in [2.75, 3.05) is 5.32 Å². The van der Waals surface area contributed by atoms with Crippen LogP contribution in [0.2, 0.25) is 0 Å². The molecule has 1 aromatic heterocycles.